The fourth-order valence-corrected chi connectivity index (χ4v) is 2.12. The number of carbonyl (C=O) groups is 1. The molecule has 0 fully saturated rings. The van der Waals surface area contributed by atoms with Crippen molar-refractivity contribution in [1.82, 2.24) is 0 Å². The van der Waals surface area contributed by atoms with Gasteiger partial charge in [0.25, 0.3) is 5.91 Å². The number of unbranched alkanes of at least 4 members (excludes halogenated alkanes) is 1. The summed E-state index contributed by atoms with van der Waals surface area (Å²) in [6.07, 6.45) is 3.42. The number of ether oxygens (including phenoxy) is 2. The summed E-state index contributed by atoms with van der Waals surface area (Å²) in [5.41, 5.74) is 0.0966. The molecule has 1 aromatic rings. The Kier molecular flexibility index (Phi) is 7.56. The maximum absolute atomic E-state index is 12.5. The molecule has 23 heavy (non-hydrogen) atoms. The Hall–Kier alpha value is -2.06. The summed E-state index contributed by atoms with van der Waals surface area (Å²) in [6, 6.07) is 7.17. The molecule has 1 N–H and O–H groups in total. The van der Waals surface area contributed by atoms with Crippen LogP contribution in [0.1, 0.15) is 52.0 Å². The van der Waals surface area contributed by atoms with Gasteiger partial charge in [-0.2, -0.15) is 5.26 Å². The molecule has 0 unspecified atom stereocenters. The maximum atomic E-state index is 12.5. The Bertz CT molecular complexity index is 566. The molecule has 0 radical (unpaired) electrons. The summed E-state index contributed by atoms with van der Waals surface area (Å²) in [6.45, 7) is 6.41. The number of hydrogen-bond donors (Lipinski definition) is 1. The monoisotopic (exact) mass is 318 g/mol. The third kappa shape index (κ3) is 5.26. The number of carbonyl (C=O) groups excluding carboxylic acids is 1. The van der Waals surface area contributed by atoms with Crippen molar-refractivity contribution in [2.45, 2.75) is 52.1 Å². The molecule has 126 valence electrons. The van der Waals surface area contributed by atoms with Gasteiger partial charge in [0, 0.05) is 12.8 Å². The lowest BCUT2D eigenvalue weighted by atomic mass is 9.97. The first kappa shape index (κ1) is 19.0. The Morgan fingerprint density at radius 2 is 2.09 bits per heavy atom. The molecule has 1 atom stereocenters. The van der Waals surface area contributed by atoms with Crippen LogP contribution in [0.15, 0.2) is 18.2 Å². The number of rotatable bonds is 9. The van der Waals surface area contributed by atoms with E-state index in [2.05, 4.69) is 18.3 Å². The first-order valence-corrected chi connectivity index (χ1v) is 8.04. The molecule has 5 nitrogen and oxygen atoms in total. The fraction of sp³-hybridized carbons (Fsp3) is 0.556. The Labute approximate surface area is 138 Å². The molecule has 0 aliphatic carbocycles. The van der Waals surface area contributed by atoms with Gasteiger partial charge in [-0.3, -0.25) is 4.79 Å². The van der Waals surface area contributed by atoms with Gasteiger partial charge in [-0.1, -0.05) is 26.7 Å². The van der Waals surface area contributed by atoms with Gasteiger partial charge in [0.15, 0.2) is 0 Å². The van der Waals surface area contributed by atoms with E-state index in [-0.39, 0.29) is 5.91 Å². The van der Waals surface area contributed by atoms with Crippen molar-refractivity contribution in [2.24, 2.45) is 0 Å². The van der Waals surface area contributed by atoms with E-state index in [0.29, 0.717) is 30.0 Å². The summed E-state index contributed by atoms with van der Waals surface area (Å²) in [4.78, 5) is 12.5. The van der Waals surface area contributed by atoms with Crippen LogP contribution in [0, 0.1) is 11.3 Å². The minimum absolute atomic E-state index is 0.209. The van der Waals surface area contributed by atoms with Crippen molar-refractivity contribution < 1.29 is 14.3 Å². The van der Waals surface area contributed by atoms with Gasteiger partial charge in [-0.25, -0.2) is 0 Å². The number of methoxy groups -OCH3 is 1. The van der Waals surface area contributed by atoms with Crippen LogP contribution in [-0.4, -0.2) is 25.2 Å². The van der Waals surface area contributed by atoms with E-state index >= 15 is 0 Å². The molecule has 0 spiro atoms. The molecular weight excluding hydrogens is 292 g/mol. The highest BCUT2D eigenvalue weighted by Gasteiger charge is 2.32. The van der Waals surface area contributed by atoms with Crippen molar-refractivity contribution in [3.05, 3.63) is 23.8 Å². The van der Waals surface area contributed by atoms with E-state index in [0.717, 1.165) is 19.3 Å². The van der Waals surface area contributed by atoms with E-state index in [1.165, 1.54) is 7.11 Å². The third-order valence-corrected chi connectivity index (χ3v) is 3.76. The van der Waals surface area contributed by atoms with Gasteiger partial charge in [0.1, 0.15) is 17.4 Å². The first-order valence-electron chi connectivity index (χ1n) is 8.04. The lowest BCUT2D eigenvalue weighted by Gasteiger charge is -2.26. The zero-order chi connectivity index (χ0) is 17.3. The van der Waals surface area contributed by atoms with Crippen molar-refractivity contribution in [2.75, 3.05) is 19.0 Å². The zero-order valence-corrected chi connectivity index (χ0v) is 14.4. The van der Waals surface area contributed by atoms with Crippen LogP contribution in [-0.2, 0) is 9.53 Å². The lowest BCUT2D eigenvalue weighted by Crippen LogP contribution is -2.41. The number of nitrogens with zero attached hydrogens (tertiary/aromatic N) is 1. The molecule has 0 bridgehead atoms. The molecule has 1 aromatic carbocycles. The van der Waals surface area contributed by atoms with Gasteiger partial charge in [-0.15, -0.1) is 0 Å². The lowest BCUT2D eigenvalue weighted by molar-refractivity contribution is -0.136. The van der Waals surface area contributed by atoms with E-state index in [1.807, 2.05) is 6.92 Å². The Morgan fingerprint density at radius 1 is 1.35 bits per heavy atom. The van der Waals surface area contributed by atoms with Gasteiger partial charge in [-0.05, 0) is 38.0 Å². The molecule has 0 aliphatic heterocycles. The minimum Gasteiger partial charge on any atom is -0.492 e. The Morgan fingerprint density at radius 3 is 2.65 bits per heavy atom. The summed E-state index contributed by atoms with van der Waals surface area (Å²) >= 11 is 0. The molecule has 1 rings (SSSR count). The molecule has 0 heterocycles. The SMILES string of the molecule is CCCC[C@@](C)(OC)C(=O)Nc1ccc(OCCC)c(C#N)c1. The van der Waals surface area contributed by atoms with Crippen LogP contribution in [0.2, 0.25) is 0 Å². The van der Waals surface area contributed by atoms with Crippen LogP contribution in [0.5, 0.6) is 5.75 Å². The molecule has 0 saturated heterocycles. The third-order valence-electron chi connectivity index (χ3n) is 3.76. The second-order valence-electron chi connectivity index (χ2n) is 5.66. The van der Waals surface area contributed by atoms with E-state index in [1.54, 1.807) is 25.1 Å². The van der Waals surface area contributed by atoms with Gasteiger partial charge in [0.05, 0.1) is 12.2 Å². The van der Waals surface area contributed by atoms with E-state index < -0.39 is 5.60 Å². The second kappa shape index (κ2) is 9.16. The number of nitrogens with one attached hydrogen (secondary N) is 1. The van der Waals surface area contributed by atoms with E-state index in [4.69, 9.17) is 9.47 Å². The molecule has 5 heteroatoms. The van der Waals surface area contributed by atoms with Crippen LogP contribution < -0.4 is 10.1 Å². The number of hydrogen-bond acceptors (Lipinski definition) is 4. The number of amides is 1. The smallest absolute Gasteiger partial charge is 0.256 e. The quantitative estimate of drug-likeness (QED) is 0.750. The summed E-state index contributed by atoms with van der Waals surface area (Å²) in [5, 5.41) is 12.1. The topological polar surface area (TPSA) is 71.3 Å². The largest absolute Gasteiger partial charge is 0.492 e. The highest BCUT2D eigenvalue weighted by atomic mass is 16.5. The molecule has 0 aliphatic rings. The number of benzene rings is 1. The zero-order valence-electron chi connectivity index (χ0n) is 14.4. The van der Waals surface area contributed by atoms with Crippen LogP contribution >= 0.6 is 0 Å². The van der Waals surface area contributed by atoms with Crippen molar-refractivity contribution in [3.63, 3.8) is 0 Å². The fourth-order valence-electron chi connectivity index (χ4n) is 2.12. The molecular formula is C18H26N2O3. The normalized spacial score (nSPS) is 13.0. The predicted molar refractivity (Wildman–Crippen MR) is 90.5 cm³/mol. The highest BCUT2D eigenvalue weighted by molar-refractivity contribution is 5.97. The van der Waals surface area contributed by atoms with Gasteiger partial charge < -0.3 is 14.8 Å². The predicted octanol–water partition coefficient (Wildman–Crippen LogP) is 3.88. The molecule has 1 amide bonds. The van der Waals surface area contributed by atoms with Crippen molar-refractivity contribution in [3.8, 4) is 11.8 Å². The standard InChI is InChI=1S/C18H26N2O3/c1-5-7-10-18(3,22-4)17(21)20-15-8-9-16(23-11-6-2)14(12-15)13-19/h8-9,12H,5-7,10-11H2,1-4H3,(H,20,21)/t18-/m1/s1. The van der Waals surface area contributed by atoms with Crippen LogP contribution in [0.25, 0.3) is 0 Å². The summed E-state index contributed by atoms with van der Waals surface area (Å²) in [7, 11) is 1.54. The summed E-state index contributed by atoms with van der Waals surface area (Å²) in [5.74, 6) is 0.326. The van der Waals surface area contributed by atoms with Crippen LogP contribution in [0.3, 0.4) is 0 Å². The average molecular weight is 318 g/mol. The Balaban J connectivity index is 2.87. The molecule has 0 saturated carbocycles. The maximum Gasteiger partial charge on any atom is 0.256 e. The van der Waals surface area contributed by atoms with Gasteiger partial charge >= 0.3 is 0 Å². The highest BCUT2D eigenvalue weighted by Crippen LogP contribution is 2.25. The number of nitriles is 1. The average Bonchev–Trinajstić information content (AvgIpc) is 2.58. The first-order chi connectivity index (χ1) is 11.0. The minimum atomic E-state index is -0.875. The van der Waals surface area contributed by atoms with Gasteiger partial charge in [0.2, 0.25) is 0 Å². The second-order valence-corrected chi connectivity index (χ2v) is 5.66. The summed E-state index contributed by atoms with van der Waals surface area (Å²) < 4.78 is 10.9. The molecule has 0 aromatic heterocycles. The van der Waals surface area contributed by atoms with Crippen molar-refractivity contribution in [1.29, 1.82) is 5.26 Å². The van der Waals surface area contributed by atoms with E-state index in [9.17, 15) is 10.1 Å². The number of anilines is 1. The van der Waals surface area contributed by atoms with Crippen LogP contribution in [0.4, 0.5) is 5.69 Å². The van der Waals surface area contributed by atoms with Crippen molar-refractivity contribution >= 4 is 11.6 Å².